The average Bonchev–Trinajstić information content (AvgIpc) is 2.22. The summed E-state index contributed by atoms with van der Waals surface area (Å²) < 4.78 is 0. The molecule has 0 rings (SSSR count). The van der Waals surface area contributed by atoms with Gasteiger partial charge in [-0.05, 0) is 13.4 Å². The van der Waals surface area contributed by atoms with Gasteiger partial charge in [0.05, 0.1) is 6.54 Å². The molecule has 0 heterocycles. The highest BCUT2D eigenvalue weighted by atomic mass is 16.2. The molecule has 0 bridgehead atoms. The van der Waals surface area contributed by atoms with Gasteiger partial charge >= 0.3 is 0 Å². The number of carbonyl (C=O) groups is 2. The van der Waals surface area contributed by atoms with Crippen molar-refractivity contribution < 1.29 is 9.59 Å². The van der Waals surface area contributed by atoms with Crippen LogP contribution in [0, 0.1) is 0 Å². The summed E-state index contributed by atoms with van der Waals surface area (Å²) in [5.41, 5.74) is 0. The molecule has 2 amide bonds. The minimum Gasteiger partial charge on any atom is -0.358 e. The fraction of sp³-hybridized carbons (Fsp3) is 0.750. The summed E-state index contributed by atoms with van der Waals surface area (Å²) in [6.45, 7) is 1.41. The number of nitrogens with zero attached hydrogens (tertiary/aromatic N) is 1. The molecule has 0 aromatic carbocycles. The molecule has 0 aromatic heterocycles. The van der Waals surface area contributed by atoms with E-state index in [4.69, 9.17) is 0 Å². The number of amides is 2. The maximum Gasteiger partial charge on any atom is 0.239 e. The minimum absolute atomic E-state index is 0.00356. The fourth-order valence-corrected chi connectivity index (χ4v) is 1.01. The Bertz CT molecular complexity index is 199. The van der Waals surface area contributed by atoms with Gasteiger partial charge in [-0.15, -0.1) is 0 Å². The van der Waals surface area contributed by atoms with Gasteiger partial charge in [0.2, 0.25) is 11.8 Å². The number of nitrogens with one attached hydrogen (secondary N) is 2. The highest BCUT2D eigenvalue weighted by Gasteiger charge is 2.13. The van der Waals surface area contributed by atoms with Crippen LogP contribution in [0.2, 0.25) is 6.32 Å². The van der Waals surface area contributed by atoms with Crippen LogP contribution in [0.1, 0.15) is 0 Å². The summed E-state index contributed by atoms with van der Waals surface area (Å²) in [6, 6.07) is 0. The van der Waals surface area contributed by atoms with Gasteiger partial charge in [-0.1, -0.05) is 0 Å². The Labute approximate surface area is 85.6 Å². The Hall–Kier alpha value is -1.04. The summed E-state index contributed by atoms with van der Waals surface area (Å²) >= 11 is 0. The number of rotatable bonds is 6. The van der Waals surface area contributed by atoms with Crippen LogP contribution in [-0.2, 0) is 9.59 Å². The van der Waals surface area contributed by atoms with Crippen molar-refractivity contribution in [2.45, 2.75) is 6.32 Å². The maximum atomic E-state index is 11.4. The molecule has 0 fully saturated rings. The first-order valence-corrected chi connectivity index (χ1v) is 4.78. The Morgan fingerprint density at radius 1 is 1.36 bits per heavy atom. The van der Waals surface area contributed by atoms with Crippen molar-refractivity contribution in [1.82, 2.24) is 15.5 Å². The molecule has 0 atom stereocenters. The lowest BCUT2D eigenvalue weighted by atomic mass is 10.0. The zero-order valence-electron chi connectivity index (χ0n) is 9.09. The lowest BCUT2D eigenvalue weighted by molar-refractivity contribution is -0.134. The molecule has 0 aliphatic rings. The summed E-state index contributed by atoms with van der Waals surface area (Å²) in [6.07, 6.45) is 0.431. The smallest absolute Gasteiger partial charge is 0.239 e. The fourth-order valence-electron chi connectivity index (χ4n) is 1.01. The average molecular weight is 199 g/mol. The van der Waals surface area contributed by atoms with Crippen molar-refractivity contribution in [1.29, 1.82) is 0 Å². The SMILES string of the molecule is BCC(=O)N(CCNC)CC(=O)NC. The molecular formula is C8H18BN3O2. The highest BCUT2D eigenvalue weighted by molar-refractivity contribution is 6.19. The monoisotopic (exact) mass is 199 g/mol. The molecule has 0 saturated carbocycles. The zero-order valence-corrected chi connectivity index (χ0v) is 9.09. The molecule has 14 heavy (non-hydrogen) atoms. The molecule has 0 saturated heterocycles. The van der Waals surface area contributed by atoms with Gasteiger partial charge in [0.1, 0.15) is 7.85 Å². The van der Waals surface area contributed by atoms with Gasteiger partial charge in [0.15, 0.2) is 0 Å². The minimum atomic E-state index is -0.136. The van der Waals surface area contributed by atoms with E-state index in [-0.39, 0.29) is 18.4 Å². The summed E-state index contributed by atoms with van der Waals surface area (Å²) in [5.74, 6) is -0.133. The normalized spacial score (nSPS) is 9.57. The van der Waals surface area contributed by atoms with E-state index in [0.29, 0.717) is 19.4 Å². The third-order valence-corrected chi connectivity index (χ3v) is 1.90. The zero-order chi connectivity index (χ0) is 11.0. The van der Waals surface area contributed by atoms with Crippen LogP contribution in [0.3, 0.4) is 0 Å². The molecule has 0 aliphatic carbocycles. The van der Waals surface area contributed by atoms with E-state index in [2.05, 4.69) is 10.6 Å². The number of carbonyl (C=O) groups excluding carboxylic acids is 2. The van der Waals surface area contributed by atoms with Crippen molar-refractivity contribution in [3.05, 3.63) is 0 Å². The molecule has 0 radical (unpaired) electrons. The maximum absolute atomic E-state index is 11.4. The Balaban J connectivity index is 4.09. The molecule has 80 valence electrons. The molecule has 0 spiro atoms. The van der Waals surface area contributed by atoms with Crippen molar-refractivity contribution >= 4 is 19.7 Å². The van der Waals surface area contributed by atoms with Crippen LogP contribution in [-0.4, -0.2) is 58.3 Å². The summed E-state index contributed by atoms with van der Waals surface area (Å²) in [7, 11) is 5.17. The lowest BCUT2D eigenvalue weighted by Gasteiger charge is -2.20. The molecular weight excluding hydrogens is 181 g/mol. The largest absolute Gasteiger partial charge is 0.358 e. The Morgan fingerprint density at radius 2 is 2.00 bits per heavy atom. The van der Waals surface area contributed by atoms with E-state index in [1.165, 1.54) is 0 Å². The van der Waals surface area contributed by atoms with Gasteiger partial charge < -0.3 is 15.5 Å². The van der Waals surface area contributed by atoms with Gasteiger partial charge in [-0.2, -0.15) is 0 Å². The number of hydrogen-bond donors (Lipinski definition) is 2. The summed E-state index contributed by atoms with van der Waals surface area (Å²) in [5, 5.41) is 5.44. The quantitative estimate of drug-likeness (QED) is 0.478. The molecule has 0 aliphatic heterocycles. The second kappa shape index (κ2) is 7.38. The Kier molecular flexibility index (Phi) is 6.83. The van der Waals surface area contributed by atoms with Gasteiger partial charge in [-0.25, -0.2) is 0 Å². The molecule has 0 aromatic rings. The van der Waals surface area contributed by atoms with Gasteiger partial charge in [-0.3, -0.25) is 9.59 Å². The predicted molar refractivity (Wildman–Crippen MR) is 57.9 cm³/mol. The van der Waals surface area contributed by atoms with Crippen LogP contribution in [0.25, 0.3) is 0 Å². The van der Waals surface area contributed by atoms with Crippen LogP contribution in [0.5, 0.6) is 0 Å². The predicted octanol–water partition coefficient (Wildman–Crippen LogP) is -2.17. The van der Waals surface area contributed by atoms with Gasteiger partial charge in [0, 0.05) is 20.1 Å². The standard InChI is InChI=1S/C8H18BN3O2/c1-10-3-4-12(8(14)5-9)6-7(13)11-2/h10H,3-6,9H2,1-2H3,(H,11,13). The third kappa shape index (κ3) is 4.86. The van der Waals surface area contributed by atoms with E-state index < -0.39 is 0 Å². The first kappa shape index (κ1) is 13.0. The molecule has 6 heteroatoms. The lowest BCUT2D eigenvalue weighted by Crippen LogP contribution is -2.42. The first-order valence-electron chi connectivity index (χ1n) is 4.78. The third-order valence-electron chi connectivity index (χ3n) is 1.90. The van der Waals surface area contributed by atoms with E-state index in [1.807, 2.05) is 7.05 Å². The molecule has 5 nitrogen and oxygen atoms in total. The number of hydrogen-bond acceptors (Lipinski definition) is 3. The van der Waals surface area contributed by atoms with Crippen LogP contribution in [0.15, 0.2) is 0 Å². The second-order valence-corrected chi connectivity index (χ2v) is 2.95. The van der Waals surface area contributed by atoms with Crippen LogP contribution in [0.4, 0.5) is 0 Å². The van der Waals surface area contributed by atoms with Crippen molar-refractivity contribution in [2.75, 3.05) is 33.7 Å². The van der Waals surface area contributed by atoms with E-state index >= 15 is 0 Å². The highest BCUT2D eigenvalue weighted by Crippen LogP contribution is 1.92. The number of likely N-dealkylation sites (N-methyl/N-ethyl adjacent to an activating group) is 2. The molecule has 2 N–H and O–H groups in total. The van der Waals surface area contributed by atoms with E-state index in [1.54, 1.807) is 19.8 Å². The van der Waals surface area contributed by atoms with Crippen molar-refractivity contribution in [3.8, 4) is 0 Å². The topological polar surface area (TPSA) is 61.4 Å². The van der Waals surface area contributed by atoms with E-state index in [0.717, 1.165) is 0 Å². The van der Waals surface area contributed by atoms with Crippen molar-refractivity contribution in [2.24, 2.45) is 0 Å². The van der Waals surface area contributed by atoms with Crippen molar-refractivity contribution in [3.63, 3.8) is 0 Å². The Morgan fingerprint density at radius 3 is 2.43 bits per heavy atom. The second-order valence-electron chi connectivity index (χ2n) is 2.95. The van der Waals surface area contributed by atoms with Gasteiger partial charge in [0.25, 0.3) is 0 Å². The van der Waals surface area contributed by atoms with E-state index in [9.17, 15) is 9.59 Å². The molecule has 0 unspecified atom stereocenters. The van der Waals surface area contributed by atoms with Crippen LogP contribution < -0.4 is 10.6 Å². The van der Waals surface area contributed by atoms with Crippen LogP contribution >= 0.6 is 0 Å². The summed E-state index contributed by atoms with van der Waals surface area (Å²) in [4.78, 5) is 24.0. The first-order chi connectivity index (χ1) is 6.65.